The van der Waals surface area contributed by atoms with E-state index in [2.05, 4.69) is 6.42 Å². The number of hydrogen-bond donors (Lipinski definition) is 0. The molecule has 0 aromatic carbocycles. The Kier molecular flexibility index (Phi) is 3.57. The van der Waals surface area contributed by atoms with E-state index in [0.717, 1.165) is 32.4 Å². The van der Waals surface area contributed by atoms with Crippen LogP contribution in [0.15, 0.2) is 0 Å². The van der Waals surface area contributed by atoms with E-state index < -0.39 is 0 Å². The van der Waals surface area contributed by atoms with Crippen molar-refractivity contribution in [3.63, 3.8) is 0 Å². The van der Waals surface area contributed by atoms with Crippen molar-refractivity contribution in [2.75, 3.05) is 13.1 Å². The largest absolute Gasteiger partial charge is 0.343 e. The molecule has 1 saturated carbocycles. The molecule has 0 N–H and O–H groups in total. The van der Waals surface area contributed by atoms with Gasteiger partial charge in [-0.05, 0) is 39.5 Å². The van der Waals surface area contributed by atoms with Crippen molar-refractivity contribution in [2.24, 2.45) is 5.92 Å². The van der Waals surface area contributed by atoms with Gasteiger partial charge in [0.1, 0.15) is 0 Å². The Morgan fingerprint density at radius 2 is 2.17 bits per heavy atom. The van der Waals surface area contributed by atoms with Crippen LogP contribution in [0.5, 0.6) is 0 Å². The first-order valence-corrected chi connectivity index (χ1v) is 4.90. The molecule has 1 fully saturated rings. The molecule has 0 aromatic heterocycles. The van der Waals surface area contributed by atoms with E-state index in [9.17, 15) is 4.79 Å². The van der Waals surface area contributed by atoms with Crippen LogP contribution in [-0.4, -0.2) is 23.9 Å². The molecule has 2 heteroatoms. The quantitative estimate of drug-likeness (QED) is 0.630. The van der Waals surface area contributed by atoms with Crippen LogP contribution in [0.4, 0.5) is 0 Å². The third-order valence-electron chi connectivity index (χ3n) is 2.59. The lowest BCUT2D eigenvalue weighted by Crippen LogP contribution is -2.34. The fourth-order valence-electron chi connectivity index (χ4n) is 1.77. The van der Waals surface area contributed by atoms with Gasteiger partial charge < -0.3 is 4.90 Å². The van der Waals surface area contributed by atoms with Crippen LogP contribution in [0.2, 0.25) is 0 Å². The summed E-state index contributed by atoms with van der Waals surface area (Å²) in [5.41, 5.74) is 0. The minimum absolute atomic E-state index is 0.296. The van der Waals surface area contributed by atoms with Gasteiger partial charge in [-0.2, -0.15) is 0 Å². The molecular weight excluding hydrogens is 150 g/mol. The Balaban J connectivity index is 2.43. The molecule has 69 valence electrons. The molecular formula is C10H18NO. The van der Waals surface area contributed by atoms with Gasteiger partial charge in [-0.1, -0.05) is 0 Å². The molecule has 1 aliphatic rings. The topological polar surface area (TPSA) is 20.3 Å². The molecule has 0 bridgehead atoms. The molecule has 1 radical (unpaired) electrons. The van der Waals surface area contributed by atoms with E-state index in [1.54, 1.807) is 0 Å². The predicted molar refractivity (Wildman–Crippen MR) is 49.6 cm³/mol. The summed E-state index contributed by atoms with van der Waals surface area (Å²) < 4.78 is 0. The van der Waals surface area contributed by atoms with E-state index >= 15 is 0 Å². The zero-order chi connectivity index (χ0) is 8.97. The maximum Gasteiger partial charge on any atom is 0.225 e. The van der Waals surface area contributed by atoms with E-state index in [4.69, 9.17) is 0 Å². The highest BCUT2D eigenvalue weighted by molar-refractivity contribution is 5.79. The average molecular weight is 168 g/mol. The molecule has 0 aromatic rings. The smallest absolute Gasteiger partial charge is 0.225 e. The van der Waals surface area contributed by atoms with Crippen LogP contribution < -0.4 is 0 Å². The van der Waals surface area contributed by atoms with Gasteiger partial charge in [-0.3, -0.25) is 4.79 Å². The Hall–Kier alpha value is -0.530. The molecule has 1 aliphatic carbocycles. The van der Waals surface area contributed by atoms with Gasteiger partial charge in [0.05, 0.1) is 0 Å². The second-order valence-electron chi connectivity index (χ2n) is 3.31. The van der Waals surface area contributed by atoms with E-state index in [0.29, 0.717) is 11.8 Å². The van der Waals surface area contributed by atoms with Crippen LogP contribution in [-0.2, 0) is 4.79 Å². The van der Waals surface area contributed by atoms with Gasteiger partial charge in [0.25, 0.3) is 0 Å². The average Bonchev–Trinajstić information content (AvgIpc) is 2.58. The molecule has 1 atom stereocenters. The summed E-state index contributed by atoms with van der Waals surface area (Å²) in [6.07, 6.45) is 5.41. The highest BCUT2D eigenvalue weighted by Crippen LogP contribution is 2.25. The first-order valence-electron chi connectivity index (χ1n) is 4.90. The summed E-state index contributed by atoms with van der Waals surface area (Å²) in [4.78, 5) is 13.6. The predicted octanol–water partition coefficient (Wildman–Crippen LogP) is 1.86. The number of hydrogen-bond acceptors (Lipinski definition) is 1. The number of carbonyl (C=O) groups excluding carboxylic acids is 1. The zero-order valence-corrected chi connectivity index (χ0v) is 8.05. The summed E-state index contributed by atoms with van der Waals surface area (Å²) in [5, 5.41) is 0. The highest BCUT2D eigenvalue weighted by atomic mass is 16.2. The second kappa shape index (κ2) is 4.48. The van der Waals surface area contributed by atoms with Gasteiger partial charge in [0, 0.05) is 19.0 Å². The molecule has 0 saturated heterocycles. The summed E-state index contributed by atoms with van der Waals surface area (Å²) in [5.74, 6) is 0.652. The van der Waals surface area contributed by atoms with Crippen LogP contribution in [0, 0.1) is 12.3 Å². The summed E-state index contributed by atoms with van der Waals surface area (Å²) >= 11 is 0. The van der Waals surface area contributed by atoms with Gasteiger partial charge in [0.15, 0.2) is 0 Å². The van der Waals surface area contributed by atoms with Crippen molar-refractivity contribution >= 4 is 5.91 Å². The summed E-state index contributed by atoms with van der Waals surface area (Å²) in [6, 6.07) is 0. The molecule has 2 nitrogen and oxygen atoms in total. The normalized spacial score (nSPS) is 18.2. The standard InChI is InChI=1S/C10H18NO/c1-3-11(4-2)10(12)9-7-5-6-8-9/h5,9H,3-4,6-8H2,1-2H3. The zero-order valence-electron chi connectivity index (χ0n) is 8.05. The van der Waals surface area contributed by atoms with Crippen molar-refractivity contribution < 1.29 is 4.79 Å². The van der Waals surface area contributed by atoms with E-state index in [1.807, 2.05) is 18.7 Å². The Morgan fingerprint density at radius 3 is 2.58 bits per heavy atom. The fourth-order valence-corrected chi connectivity index (χ4v) is 1.77. The maximum absolute atomic E-state index is 11.7. The number of amides is 1. The molecule has 1 unspecified atom stereocenters. The highest BCUT2D eigenvalue weighted by Gasteiger charge is 2.25. The van der Waals surface area contributed by atoms with Crippen molar-refractivity contribution in [3.05, 3.63) is 6.42 Å². The van der Waals surface area contributed by atoms with Crippen LogP contribution in [0.1, 0.15) is 33.1 Å². The minimum Gasteiger partial charge on any atom is -0.343 e. The monoisotopic (exact) mass is 168 g/mol. The van der Waals surface area contributed by atoms with Crippen molar-refractivity contribution in [3.8, 4) is 0 Å². The molecule has 1 rings (SSSR count). The summed E-state index contributed by atoms with van der Waals surface area (Å²) in [7, 11) is 0. The van der Waals surface area contributed by atoms with Crippen molar-refractivity contribution in [1.82, 2.24) is 4.90 Å². The van der Waals surface area contributed by atoms with E-state index in [-0.39, 0.29) is 0 Å². The Labute approximate surface area is 74.9 Å². The van der Waals surface area contributed by atoms with Crippen LogP contribution in [0.3, 0.4) is 0 Å². The molecule has 0 aliphatic heterocycles. The van der Waals surface area contributed by atoms with Gasteiger partial charge >= 0.3 is 0 Å². The van der Waals surface area contributed by atoms with Gasteiger partial charge in [0.2, 0.25) is 5.91 Å². The third-order valence-corrected chi connectivity index (χ3v) is 2.59. The lowest BCUT2D eigenvalue weighted by molar-refractivity contribution is -0.134. The molecule has 12 heavy (non-hydrogen) atoms. The number of nitrogens with zero attached hydrogens (tertiary/aromatic N) is 1. The lowest BCUT2D eigenvalue weighted by atomic mass is 10.1. The van der Waals surface area contributed by atoms with Crippen molar-refractivity contribution in [2.45, 2.75) is 33.1 Å². The van der Waals surface area contributed by atoms with Crippen LogP contribution in [0.25, 0.3) is 0 Å². The molecule has 1 amide bonds. The van der Waals surface area contributed by atoms with Crippen molar-refractivity contribution in [1.29, 1.82) is 0 Å². The van der Waals surface area contributed by atoms with Gasteiger partial charge in [-0.15, -0.1) is 0 Å². The van der Waals surface area contributed by atoms with Crippen LogP contribution >= 0.6 is 0 Å². The molecule has 0 spiro atoms. The number of rotatable bonds is 3. The van der Waals surface area contributed by atoms with E-state index in [1.165, 1.54) is 0 Å². The Morgan fingerprint density at radius 1 is 1.50 bits per heavy atom. The molecule has 0 heterocycles. The second-order valence-corrected chi connectivity index (χ2v) is 3.31. The Bertz CT molecular complexity index is 142. The first kappa shape index (κ1) is 9.56. The van der Waals surface area contributed by atoms with Gasteiger partial charge in [-0.25, -0.2) is 0 Å². The third kappa shape index (κ3) is 1.99. The fraction of sp³-hybridized carbons (Fsp3) is 0.800. The first-order chi connectivity index (χ1) is 5.79. The maximum atomic E-state index is 11.7. The number of carbonyl (C=O) groups is 1. The SMILES string of the molecule is CCN(CC)C(=O)C1C[CH]CC1. The minimum atomic E-state index is 0.296. The lowest BCUT2D eigenvalue weighted by Gasteiger charge is -2.22. The summed E-state index contributed by atoms with van der Waals surface area (Å²) in [6.45, 7) is 5.79.